The predicted molar refractivity (Wildman–Crippen MR) is 72.8 cm³/mol. The number of carbonyl (C=O) groups is 1. The number of aryl methyl sites for hydroxylation is 2. The van der Waals surface area contributed by atoms with Gasteiger partial charge in [-0.2, -0.15) is 0 Å². The fourth-order valence-electron chi connectivity index (χ4n) is 1.76. The van der Waals surface area contributed by atoms with Crippen LogP contribution in [0, 0.1) is 12.7 Å². The van der Waals surface area contributed by atoms with E-state index in [-0.39, 0.29) is 11.3 Å². The van der Waals surface area contributed by atoms with Crippen molar-refractivity contribution in [2.75, 3.05) is 5.32 Å². The minimum atomic E-state index is -1.17. The quantitative estimate of drug-likeness (QED) is 0.897. The van der Waals surface area contributed by atoms with Gasteiger partial charge < -0.3 is 10.4 Å². The number of aromatic nitrogens is 2. The molecule has 0 saturated heterocycles. The second-order valence-electron chi connectivity index (χ2n) is 4.27. The summed E-state index contributed by atoms with van der Waals surface area (Å²) in [5, 5.41) is 11.6. The Kier molecular flexibility index (Phi) is 3.93. The number of anilines is 2. The lowest BCUT2D eigenvalue weighted by Gasteiger charge is -2.09. The van der Waals surface area contributed by atoms with Gasteiger partial charge in [0.2, 0.25) is 0 Å². The first-order valence-corrected chi connectivity index (χ1v) is 6.14. The average molecular weight is 275 g/mol. The normalized spacial score (nSPS) is 10.3. The second kappa shape index (κ2) is 5.64. The number of halogens is 1. The summed E-state index contributed by atoms with van der Waals surface area (Å²) < 4.78 is 13.8. The Morgan fingerprint density at radius 2 is 2.10 bits per heavy atom. The lowest BCUT2D eigenvalue weighted by Crippen LogP contribution is -2.03. The molecule has 5 nitrogen and oxygen atoms in total. The summed E-state index contributed by atoms with van der Waals surface area (Å²) in [5.41, 5.74) is 0.930. The Bertz CT molecular complexity index is 659. The third-order valence-corrected chi connectivity index (χ3v) is 2.73. The SMILES string of the molecule is CCc1cc(Nc2ccc(C(=O)O)cc2F)nc(C)n1. The van der Waals surface area contributed by atoms with Gasteiger partial charge in [0.15, 0.2) is 0 Å². The van der Waals surface area contributed by atoms with Gasteiger partial charge in [0.05, 0.1) is 11.3 Å². The standard InChI is InChI=1S/C14H14FN3O2/c1-3-10-7-13(17-8(2)16-10)18-12-5-4-9(14(19)20)6-11(12)15/h4-7H,3H2,1-2H3,(H,19,20)(H,16,17,18). The molecule has 2 aromatic rings. The number of aromatic carboxylic acids is 1. The van der Waals surface area contributed by atoms with Gasteiger partial charge in [0.1, 0.15) is 17.5 Å². The van der Waals surface area contributed by atoms with Gasteiger partial charge in [-0.1, -0.05) is 6.92 Å². The lowest BCUT2D eigenvalue weighted by molar-refractivity contribution is 0.0696. The van der Waals surface area contributed by atoms with E-state index in [0.717, 1.165) is 18.2 Å². The summed E-state index contributed by atoms with van der Waals surface area (Å²) in [6, 6.07) is 5.42. The highest BCUT2D eigenvalue weighted by Crippen LogP contribution is 2.20. The molecule has 0 fully saturated rings. The molecule has 0 aliphatic carbocycles. The van der Waals surface area contributed by atoms with Crippen molar-refractivity contribution in [3.8, 4) is 0 Å². The molecule has 20 heavy (non-hydrogen) atoms. The molecule has 1 aromatic heterocycles. The Hall–Kier alpha value is -2.50. The van der Waals surface area contributed by atoms with Crippen LogP contribution in [0.4, 0.5) is 15.9 Å². The molecular formula is C14H14FN3O2. The van der Waals surface area contributed by atoms with Gasteiger partial charge in [0.25, 0.3) is 0 Å². The zero-order chi connectivity index (χ0) is 14.7. The molecule has 0 atom stereocenters. The molecule has 0 radical (unpaired) electrons. The van der Waals surface area contributed by atoms with Gasteiger partial charge in [0, 0.05) is 11.8 Å². The maximum atomic E-state index is 13.8. The van der Waals surface area contributed by atoms with Crippen LogP contribution in [0.5, 0.6) is 0 Å². The third kappa shape index (κ3) is 3.09. The van der Waals surface area contributed by atoms with Crippen molar-refractivity contribution in [1.82, 2.24) is 9.97 Å². The van der Waals surface area contributed by atoms with Crippen LogP contribution in [0.1, 0.15) is 28.8 Å². The number of rotatable bonds is 4. The van der Waals surface area contributed by atoms with Crippen molar-refractivity contribution in [1.29, 1.82) is 0 Å². The van der Waals surface area contributed by atoms with E-state index in [4.69, 9.17) is 5.11 Å². The molecule has 0 saturated carbocycles. The topological polar surface area (TPSA) is 75.1 Å². The molecule has 1 heterocycles. The van der Waals surface area contributed by atoms with Crippen molar-refractivity contribution < 1.29 is 14.3 Å². The van der Waals surface area contributed by atoms with Crippen LogP contribution in [0.15, 0.2) is 24.3 Å². The molecule has 2 rings (SSSR count). The first-order valence-electron chi connectivity index (χ1n) is 6.14. The minimum absolute atomic E-state index is 0.0961. The Labute approximate surface area is 115 Å². The molecule has 2 N–H and O–H groups in total. The van der Waals surface area contributed by atoms with Crippen LogP contribution in [0.25, 0.3) is 0 Å². The fourth-order valence-corrected chi connectivity index (χ4v) is 1.76. The number of carboxylic acids is 1. The van der Waals surface area contributed by atoms with E-state index < -0.39 is 11.8 Å². The highest BCUT2D eigenvalue weighted by atomic mass is 19.1. The smallest absolute Gasteiger partial charge is 0.335 e. The molecule has 0 aliphatic rings. The van der Waals surface area contributed by atoms with Crippen molar-refractivity contribution in [3.05, 3.63) is 47.2 Å². The summed E-state index contributed by atoms with van der Waals surface area (Å²) >= 11 is 0. The van der Waals surface area contributed by atoms with Crippen molar-refractivity contribution in [3.63, 3.8) is 0 Å². The van der Waals surface area contributed by atoms with Crippen LogP contribution in [0.2, 0.25) is 0 Å². The first kappa shape index (κ1) is 13.9. The zero-order valence-electron chi connectivity index (χ0n) is 11.1. The number of nitrogens with zero attached hydrogens (tertiary/aromatic N) is 2. The van der Waals surface area contributed by atoms with Crippen LogP contribution >= 0.6 is 0 Å². The van der Waals surface area contributed by atoms with Crippen LogP contribution in [-0.4, -0.2) is 21.0 Å². The molecule has 0 aliphatic heterocycles. The van der Waals surface area contributed by atoms with Crippen LogP contribution < -0.4 is 5.32 Å². The second-order valence-corrected chi connectivity index (χ2v) is 4.27. The largest absolute Gasteiger partial charge is 0.478 e. The molecule has 0 unspecified atom stereocenters. The average Bonchev–Trinajstić information content (AvgIpc) is 2.40. The van der Waals surface area contributed by atoms with E-state index >= 15 is 0 Å². The summed E-state index contributed by atoms with van der Waals surface area (Å²) in [6.07, 6.45) is 0.748. The number of hydrogen-bond acceptors (Lipinski definition) is 4. The van der Waals surface area contributed by atoms with Crippen LogP contribution in [-0.2, 0) is 6.42 Å². The maximum absolute atomic E-state index is 13.8. The highest BCUT2D eigenvalue weighted by Gasteiger charge is 2.09. The maximum Gasteiger partial charge on any atom is 0.335 e. The molecule has 0 spiro atoms. The molecule has 0 bridgehead atoms. The van der Waals surface area contributed by atoms with E-state index in [1.807, 2.05) is 6.92 Å². The van der Waals surface area contributed by atoms with Crippen LogP contribution in [0.3, 0.4) is 0 Å². The lowest BCUT2D eigenvalue weighted by atomic mass is 10.2. The fraction of sp³-hybridized carbons (Fsp3) is 0.214. The summed E-state index contributed by atoms with van der Waals surface area (Å²) in [5.74, 6) is -0.730. The Morgan fingerprint density at radius 1 is 1.35 bits per heavy atom. The van der Waals surface area contributed by atoms with Gasteiger partial charge in [-0.25, -0.2) is 19.2 Å². The zero-order valence-corrected chi connectivity index (χ0v) is 11.1. The molecule has 104 valence electrons. The van der Waals surface area contributed by atoms with Gasteiger partial charge in [-0.05, 0) is 31.5 Å². The minimum Gasteiger partial charge on any atom is -0.478 e. The van der Waals surface area contributed by atoms with E-state index in [0.29, 0.717) is 11.6 Å². The summed E-state index contributed by atoms with van der Waals surface area (Å²) in [6.45, 7) is 3.72. The molecule has 1 aromatic carbocycles. The highest BCUT2D eigenvalue weighted by molar-refractivity contribution is 5.88. The predicted octanol–water partition coefficient (Wildman–Crippen LogP) is 2.93. The van der Waals surface area contributed by atoms with Gasteiger partial charge in [-0.15, -0.1) is 0 Å². The number of benzene rings is 1. The Balaban J connectivity index is 2.30. The van der Waals surface area contributed by atoms with Crippen molar-refractivity contribution in [2.24, 2.45) is 0 Å². The summed E-state index contributed by atoms with van der Waals surface area (Å²) in [7, 11) is 0. The first-order chi connectivity index (χ1) is 9.49. The van der Waals surface area contributed by atoms with Crippen molar-refractivity contribution >= 4 is 17.5 Å². The van der Waals surface area contributed by atoms with E-state index in [9.17, 15) is 9.18 Å². The molecule has 0 amide bonds. The monoisotopic (exact) mass is 275 g/mol. The van der Waals surface area contributed by atoms with Crippen molar-refractivity contribution in [2.45, 2.75) is 20.3 Å². The van der Waals surface area contributed by atoms with Gasteiger partial charge >= 0.3 is 5.97 Å². The van der Waals surface area contributed by atoms with E-state index in [2.05, 4.69) is 15.3 Å². The molecular weight excluding hydrogens is 261 g/mol. The van der Waals surface area contributed by atoms with E-state index in [1.165, 1.54) is 12.1 Å². The summed E-state index contributed by atoms with van der Waals surface area (Å²) in [4.78, 5) is 19.1. The Morgan fingerprint density at radius 3 is 2.70 bits per heavy atom. The van der Waals surface area contributed by atoms with E-state index in [1.54, 1.807) is 13.0 Å². The number of hydrogen-bond donors (Lipinski definition) is 2. The van der Waals surface area contributed by atoms with Gasteiger partial charge in [-0.3, -0.25) is 0 Å². The third-order valence-electron chi connectivity index (χ3n) is 2.73. The number of carboxylic acid groups (broad SMARTS) is 1. The molecule has 6 heteroatoms. The number of nitrogens with one attached hydrogen (secondary N) is 1.